The van der Waals surface area contributed by atoms with Gasteiger partial charge in [-0.1, -0.05) is 18.3 Å². The lowest BCUT2D eigenvalue weighted by molar-refractivity contribution is -0.585. The Balaban J connectivity index is 2.83. The lowest BCUT2D eigenvalue weighted by atomic mass is 10.3. The molecule has 2 rings (SSSR count). The molecule has 0 aliphatic heterocycles. The van der Waals surface area contributed by atoms with Crippen LogP contribution in [0.15, 0.2) is 6.20 Å². The number of nitrogen functional groups attached to an aromatic ring is 1. The summed E-state index contributed by atoms with van der Waals surface area (Å²) in [5.41, 5.74) is 6.25. The summed E-state index contributed by atoms with van der Waals surface area (Å²) in [5.74, 6) is -1.14. The Bertz CT molecular complexity index is 579. The van der Waals surface area contributed by atoms with Crippen molar-refractivity contribution in [1.82, 2.24) is 4.98 Å². The van der Waals surface area contributed by atoms with E-state index in [1.54, 1.807) is 0 Å². The first-order valence-electron chi connectivity index (χ1n) is 4.59. The van der Waals surface area contributed by atoms with Gasteiger partial charge in [0.05, 0.1) is 6.20 Å². The van der Waals surface area contributed by atoms with E-state index in [2.05, 4.69) is 4.98 Å². The van der Waals surface area contributed by atoms with Crippen molar-refractivity contribution in [3.05, 3.63) is 22.0 Å². The minimum atomic E-state index is -1.14. The van der Waals surface area contributed by atoms with Gasteiger partial charge in [-0.05, 0) is 0 Å². The molecular formula is C9H9N3O3S. The Morgan fingerprint density at radius 3 is 3.00 bits per heavy atom. The number of thiophene rings is 1. The number of aromatic carboxylic acids is 1. The highest BCUT2D eigenvalue weighted by atomic mass is 32.1. The molecule has 0 atom stereocenters. The normalized spacial score (nSPS) is 10.8. The zero-order chi connectivity index (χ0) is 11.9. The fraction of sp³-hybridized carbons (Fsp3) is 0.222. The van der Waals surface area contributed by atoms with Crippen LogP contribution in [-0.4, -0.2) is 16.1 Å². The SMILES string of the molecule is CCc1cnc2sc(C(=O)O)c(N)c2[n+]1[O-]. The van der Waals surface area contributed by atoms with E-state index in [9.17, 15) is 10.0 Å². The topological polar surface area (TPSA) is 103 Å². The fourth-order valence-electron chi connectivity index (χ4n) is 1.43. The molecule has 0 fully saturated rings. The minimum Gasteiger partial charge on any atom is -0.618 e. The number of carboxylic acids is 1. The third kappa shape index (κ3) is 1.36. The van der Waals surface area contributed by atoms with E-state index in [4.69, 9.17) is 10.8 Å². The van der Waals surface area contributed by atoms with Gasteiger partial charge in [-0.2, -0.15) is 4.73 Å². The molecule has 0 bridgehead atoms. The van der Waals surface area contributed by atoms with Crippen LogP contribution in [0.25, 0.3) is 10.3 Å². The maximum atomic E-state index is 11.8. The lowest BCUT2D eigenvalue weighted by Gasteiger charge is -2.02. The van der Waals surface area contributed by atoms with Crippen LogP contribution in [0, 0.1) is 5.21 Å². The maximum Gasteiger partial charge on any atom is 0.348 e. The van der Waals surface area contributed by atoms with E-state index in [1.807, 2.05) is 6.92 Å². The number of hydrogen-bond acceptors (Lipinski definition) is 5. The van der Waals surface area contributed by atoms with E-state index in [1.165, 1.54) is 6.20 Å². The van der Waals surface area contributed by atoms with Gasteiger partial charge >= 0.3 is 5.97 Å². The summed E-state index contributed by atoms with van der Waals surface area (Å²) in [6, 6.07) is 0. The zero-order valence-electron chi connectivity index (χ0n) is 8.43. The molecule has 2 heterocycles. The maximum absolute atomic E-state index is 11.8. The van der Waals surface area contributed by atoms with E-state index in [0.29, 0.717) is 21.7 Å². The highest BCUT2D eigenvalue weighted by Gasteiger charge is 2.23. The summed E-state index contributed by atoms with van der Waals surface area (Å²) in [4.78, 5) is 15.2. The molecular weight excluding hydrogens is 230 g/mol. The van der Waals surface area contributed by atoms with Crippen LogP contribution >= 0.6 is 11.3 Å². The summed E-state index contributed by atoms with van der Waals surface area (Å²) in [6.07, 6.45) is 1.96. The third-order valence-corrected chi connectivity index (χ3v) is 3.34. The van der Waals surface area contributed by atoms with E-state index >= 15 is 0 Å². The van der Waals surface area contributed by atoms with Crippen LogP contribution in [-0.2, 0) is 6.42 Å². The van der Waals surface area contributed by atoms with Gasteiger partial charge < -0.3 is 16.0 Å². The van der Waals surface area contributed by atoms with Gasteiger partial charge in [0.1, 0.15) is 10.6 Å². The number of hydrogen-bond donors (Lipinski definition) is 2. The molecule has 3 N–H and O–H groups in total. The summed E-state index contributed by atoms with van der Waals surface area (Å²) in [6.45, 7) is 1.82. The first-order chi connectivity index (χ1) is 7.56. The molecule has 0 radical (unpaired) electrons. The summed E-state index contributed by atoms with van der Waals surface area (Å²) >= 11 is 0.909. The third-order valence-electron chi connectivity index (χ3n) is 2.25. The number of nitrogens with two attached hydrogens (primary N) is 1. The molecule has 84 valence electrons. The molecule has 2 aromatic heterocycles. The molecule has 0 aliphatic carbocycles. The van der Waals surface area contributed by atoms with Crippen molar-refractivity contribution >= 4 is 33.3 Å². The van der Waals surface area contributed by atoms with Crippen molar-refractivity contribution < 1.29 is 14.6 Å². The molecule has 0 amide bonds. The number of aromatic nitrogens is 2. The molecule has 6 nitrogen and oxygen atoms in total. The molecule has 16 heavy (non-hydrogen) atoms. The van der Waals surface area contributed by atoms with Gasteiger partial charge in [-0.3, -0.25) is 0 Å². The Labute approximate surface area is 94.5 Å². The second-order valence-electron chi connectivity index (χ2n) is 3.20. The molecule has 7 heteroatoms. The predicted octanol–water partition coefficient (Wildman–Crippen LogP) is 0.773. The van der Waals surface area contributed by atoms with Crippen molar-refractivity contribution in [3.8, 4) is 0 Å². The Morgan fingerprint density at radius 1 is 1.75 bits per heavy atom. The van der Waals surface area contributed by atoms with Crippen LogP contribution in [0.2, 0.25) is 0 Å². The van der Waals surface area contributed by atoms with Gasteiger partial charge in [0.15, 0.2) is 4.83 Å². The minimum absolute atomic E-state index is 0.00898. The van der Waals surface area contributed by atoms with Crippen LogP contribution in [0.5, 0.6) is 0 Å². The molecule has 0 aromatic carbocycles. The van der Waals surface area contributed by atoms with Crippen LogP contribution in [0.3, 0.4) is 0 Å². The second kappa shape index (κ2) is 3.60. The van der Waals surface area contributed by atoms with Crippen molar-refractivity contribution in [2.45, 2.75) is 13.3 Å². The van der Waals surface area contributed by atoms with Gasteiger partial charge in [-0.25, -0.2) is 9.78 Å². The van der Waals surface area contributed by atoms with Gasteiger partial charge in [-0.15, -0.1) is 0 Å². The Kier molecular flexibility index (Phi) is 2.39. The van der Waals surface area contributed by atoms with E-state index in [0.717, 1.165) is 11.3 Å². The zero-order valence-corrected chi connectivity index (χ0v) is 9.24. The fourth-order valence-corrected chi connectivity index (χ4v) is 2.31. The first-order valence-corrected chi connectivity index (χ1v) is 5.40. The molecule has 0 unspecified atom stereocenters. The molecule has 0 saturated carbocycles. The largest absolute Gasteiger partial charge is 0.618 e. The van der Waals surface area contributed by atoms with Crippen LogP contribution in [0.4, 0.5) is 5.69 Å². The summed E-state index contributed by atoms with van der Waals surface area (Å²) in [5, 5.41) is 20.7. The number of aryl methyl sites for hydroxylation is 1. The quantitative estimate of drug-likeness (QED) is 0.595. The molecule has 2 aromatic rings. The number of carbonyl (C=O) groups is 1. The van der Waals surface area contributed by atoms with Crippen molar-refractivity contribution in [1.29, 1.82) is 0 Å². The molecule has 0 aliphatic rings. The standard InChI is InChI=1S/C9H9N3O3S/c1-2-4-3-11-8-6(12(4)15)5(10)7(16-8)9(13)14/h3H,2,10H2,1H3,(H,13,14). The summed E-state index contributed by atoms with van der Waals surface area (Å²) < 4.78 is 0.653. The summed E-state index contributed by atoms with van der Waals surface area (Å²) in [7, 11) is 0. The number of anilines is 1. The highest BCUT2D eigenvalue weighted by Crippen LogP contribution is 2.29. The predicted molar refractivity (Wildman–Crippen MR) is 59.3 cm³/mol. The van der Waals surface area contributed by atoms with Crippen LogP contribution < -0.4 is 10.5 Å². The Hall–Kier alpha value is -1.89. The Morgan fingerprint density at radius 2 is 2.44 bits per heavy atom. The number of fused-ring (bicyclic) bond motifs is 1. The van der Waals surface area contributed by atoms with Gasteiger partial charge in [0, 0.05) is 6.42 Å². The van der Waals surface area contributed by atoms with Gasteiger partial charge in [0.2, 0.25) is 5.69 Å². The van der Waals surface area contributed by atoms with Crippen LogP contribution in [0.1, 0.15) is 22.3 Å². The number of carboxylic acid groups (broad SMARTS) is 1. The van der Waals surface area contributed by atoms with E-state index < -0.39 is 5.97 Å². The van der Waals surface area contributed by atoms with Crippen molar-refractivity contribution in [2.24, 2.45) is 0 Å². The van der Waals surface area contributed by atoms with E-state index in [-0.39, 0.29) is 16.1 Å². The van der Waals surface area contributed by atoms with Gasteiger partial charge in [0.25, 0.3) is 5.52 Å². The lowest BCUT2D eigenvalue weighted by Crippen LogP contribution is -2.33. The average Bonchev–Trinajstić information content (AvgIpc) is 2.57. The van der Waals surface area contributed by atoms with Crippen molar-refractivity contribution in [3.63, 3.8) is 0 Å². The monoisotopic (exact) mass is 239 g/mol. The number of rotatable bonds is 2. The highest BCUT2D eigenvalue weighted by molar-refractivity contribution is 7.21. The number of nitrogens with zero attached hydrogens (tertiary/aromatic N) is 2. The van der Waals surface area contributed by atoms with Crippen molar-refractivity contribution in [2.75, 3.05) is 5.73 Å². The first kappa shape index (κ1) is 10.6. The smallest absolute Gasteiger partial charge is 0.348 e. The molecule has 0 spiro atoms. The molecule has 0 saturated heterocycles. The average molecular weight is 239 g/mol. The second-order valence-corrected chi connectivity index (χ2v) is 4.20.